The van der Waals surface area contributed by atoms with Crippen LogP contribution in [0, 0.1) is 24.0 Å². The summed E-state index contributed by atoms with van der Waals surface area (Å²) in [6.45, 7) is 10.4. The Morgan fingerprint density at radius 2 is 1.55 bits per heavy atom. The average Bonchev–Trinajstić information content (AvgIpc) is 2.41. The minimum atomic E-state index is -0.716. The molecule has 0 heterocycles. The van der Waals surface area contributed by atoms with Crippen molar-refractivity contribution in [2.24, 2.45) is 5.41 Å². The third-order valence-electron chi connectivity index (χ3n) is 4.47. The van der Waals surface area contributed by atoms with Gasteiger partial charge in [-0.15, -0.1) is 0 Å². The lowest BCUT2D eigenvalue weighted by atomic mass is 9.73. The standard InChI is InChI=1S/C20H32F2/c1-6-7-8-9-10-11-12-17(20(3,4)5)16-13-15(2)14-18(21)19(16)22/h13-14,17H,6-12H2,1-5H3. The lowest BCUT2D eigenvalue weighted by molar-refractivity contribution is 0.287. The molecule has 0 aliphatic heterocycles. The molecule has 1 unspecified atom stereocenters. The van der Waals surface area contributed by atoms with E-state index in [1.165, 1.54) is 38.2 Å². The van der Waals surface area contributed by atoms with Crippen molar-refractivity contribution in [1.82, 2.24) is 0 Å². The normalized spacial score (nSPS) is 13.4. The van der Waals surface area contributed by atoms with Gasteiger partial charge in [-0.1, -0.05) is 72.3 Å². The molecular formula is C20H32F2. The Labute approximate surface area is 135 Å². The van der Waals surface area contributed by atoms with Gasteiger partial charge in [0.1, 0.15) is 0 Å². The SMILES string of the molecule is CCCCCCCCC(c1cc(C)cc(F)c1F)C(C)(C)C. The topological polar surface area (TPSA) is 0 Å². The molecular weight excluding hydrogens is 278 g/mol. The van der Waals surface area contributed by atoms with Crippen molar-refractivity contribution < 1.29 is 8.78 Å². The highest BCUT2D eigenvalue weighted by Crippen LogP contribution is 2.40. The Bertz CT molecular complexity index is 458. The molecule has 0 radical (unpaired) electrons. The molecule has 1 aromatic carbocycles. The summed E-state index contributed by atoms with van der Waals surface area (Å²) in [5.74, 6) is -1.31. The van der Waals surface area contributed by atoms with E-state index < -0.39 is 11.6 Å². The molecule has 1 atom stereocenters. The predicted octanol–water partition coefficient (Wildman–Crippen LogP) is 7.15. The summed E-state index contributed by atoms with van der Waals surface area (Å²) in [5.41, 5.74) is 1.29. The number of aryl methyl sites for hydroxylation is 1. The van der Waals surface area contributed by atoms with Crippen LogP contribution in [0.3, 0.4) is 0 Å². The highest BCUT2D eigenvalue weighted by atomic mass is 19.2. The Morgan fingerprint density at radius 3 is 2.14 bits per heavy atom. The summed E-state index contributed by atoms with van der Waals surface area (Å²) in [4.78, 5) is 0. The number of rotatable bonds is 8. The Hall–Kier alpha value is -0.920. The molecule has 0 saturated carbocycles. The van der Waals surface area contributed by atoms with Crippen LogP contribution < -0.4 is 0 Å². The van der Waals surface area contributed by atoms with Crippen molar-refractivity contribution in [3.8, 4) is 0 Å². The fraction of sp³-hybridized carbons (Fsp3) is 0.700. The van der Waals surface area contributed by atoms with Gasteiger partial charge >= 0.3 is 0 Å². The first-order valence-corrected chi connectivity index (χ1v) is 8.73. The van der Waals surface area contributed by atoms with Crippen LogP contribution in [0.4, 0.5) is 8.78 Å². The molecule has 0 aromatic heterocycles. The highest BCUT2D eigenvalue weighted by Gasteiger charge is 2.29. The second-order valence-electron chi connectivity index (χ2n) is 7.63. The molecule has 1 rings (SSSR count). The molecule has 0 spiro atoms. The quantitative estimate of drug-likeness (QED) is 0.447. The summed E-state index contributed by atoms with van der Waals surface area (Å²) in [6.07, 6.45) is 8.26. The molecule has 0 saturated heterocycles. The highest BCUT2D eigenvalue weighted by molar-refractivity contribution is 5.29. The maximum absolute atomic E-state index is 14.3. The third-order valence-corrected chi connectivity index (χ3v) is 4.47. The molecule has 0 fully saturated rings. The number of halogens is 2. The maximum Gasteiger partial charge on any atom is 0.162 e. The molecule has 126 valence electrons. The fourth-order valence-electron chi connectivity index (χ4n) is 3.19. The number of hydrogen-bond acceptors (Lipinski definition) is 0. The third kappa shape index (κ3) is 5.70. The lowest BCUT2D eigenvalue weighted by Crippen LogP contribution is -2.20. The van der Waals surface area contributed by atoms with Gasteiger partial charge in [-0.2, -0.15) is 0 Å². The average molecular weight is 310 g/mol. The van der Waals surface area contributed by atoms with E-state index in [9.17, 15) is 8.78 Å². The van der Waals surface area contributed by atoms with Gasteiger partial charge in [0.05, 0.1) is 0 Å². The Kier molecular flexibility index (Phi) is 7.52. The Morgan fingerprint density at radius 1 is 0.955 bits per heavy atom. The molecule has 2 heteroatoms. The van der Waals surface area contributed by atoms with Crippen molar-refractivity contribution in [3.05, 3.63) is 34.9 Å². The van der Waals surface area contributed by atoms with Crippen molar-refractivity contribution in [2.45, 2.75) is 85.5 Å². The van der Waals surface area contributed by atoms with E-state index in [4.69, 9.17) is 0 Å². The van der Waals surface area contributed by atoms with Crippen LogP contribution in [-0.2, 0) is 0 Å². The first-order chi connectivity index (χ1) is 10.3. The number of benzene rings is 1. The first kappa shape index (κ1) is 19.1. The van der Waals surface area contributed by atoms with E-state index >= 15 is 0 Å². The summed E-state index contributed by atoms with van der Waals surface area (Å²) in [7, 11) is 0. The number of unbranched alkanes of at least 4 members (excludes halogenated alkanes) is 5. The van der Waals surface area contributed by atoms with E-state index in [1.807, 2.05) is 13.0 Å². The zero-order valence-corrected chi connectivity index (χ0v) is 14.9. The zero-order valence-electron chi connectivity index (χ0n) is 14.9. The summed E-state index contributed by atoms with van der Waals surface area (Å²) < 4.78 is 28.0. The van der Waals surface area contributed by atoms with Gasteiger partial charge in [-0.3, -0.25) is 0 Å². The van der Waals surface area contributed by atoms with E-state index in [2.05, 4.69) is 27.7 Å². The monoisotopic (exact) mass is 310 g/mol. The van der Waals surface area contributed by atoms with Gasteiger partial charge in [0.15, 0.2) is 11.6 Å². The van der Waals surface area contributed by atoms with Crippen molar-refractivity contribution in [2.75, 3.05) is 0 Å². The molecule has 0 nitrogen and oxygen atoms in total. The van der Waals surface area contributed by atoms with E-state index in [0.29, 0.717) is 5.56 Å². The van der Waals surface area contributed by atoms with Crippen LogP contribution in [0.25, 0.3) is 0 Å². The van der Waals surface area contributed by atoms with Crippen molar-refractivity contribution in [3.63, 3.8) is 0 Å². The van der Waals surface area contributed by atoms with Crippen LogP contribution in [0.5, 0.6) is 0 Å². The van der Waals surface area contributed by atoms with E-state index in [0.717, 1.165) is 18.4 Å². The smallest absolute Gasteiger partial charge is 0.162 e. The van der Waals surface area contributed by atoms with Crippen molar-refractivity contribution >= 4 is 0 Å². The summed E-state index contributed by atoms with van der Waals surface area (Å²) >= 11 is 0. The Balaban J connectivity index is 2.78. The van der Waals surface area contributed by atoms with Crippen LogP contribution in [0.15, 0.2) is 12.1 Å². The second kappa shape index (κ2) is 8.64. The molecule has 0 N–H and O–H groups in total. The van der Waals surface area contributed by atoms with Gasteiger partial charge in [-0.25, -0.2) is 8.78 Å². The molecule has 1 aromatic rings. The van der Waals surface area contributed by atoms with Crippen LogP contribution in [0.1, 0.15) is 89.7 Å². The largest absolute Gasteiger partial charge is 0.204 e. The van der Waals surface area contributed by atoms with Crippen LogP contribution in [0.2, 0.25) is 0 Å². The lowest BCUT2D eigenvalue weighted by Gasteiger charge is -2.32. The molecule has 0 bridgehead atoms. The molecule has 0 aliphatic rings. The zero-order chi connectivity index (χ0) is 16.8. The maximum atomic E-state index is 14.3. The molecule has 0 aliphatic carbocycles. The predicted molar refractivity (Wildman–Crippen MR) is 91.3 cm³/mol. The van der Waals surface area contributed by atoms with E-state index in [-0.39, 0.29) is 11.3 Å². The minimum Gasteiger partial charge on any atom is -0.204 e. The molecule has 0 amide bonds. The first-order valence-electron chi connectivity index (χ1n) is 8.73. The van der Waals surface area contributed by atoms with Crippen LogP contribution in [-0.4, -0.2) is 0 Å². The van der Waals surface area contributed by atoms with E-state index in [1.54, 1.807) is 0 Å². The minimum absolute atomic E-state index is 0.0630. The van der Waals surface area contributed by atoms with Gasteiger partial charge in [0.25, 0.3) is 0 Å². The van der Waals surface area contributed by atoms with Gasteiger partial charge in [-0.05, 0) is 41.9 Å². The van der Waals surface area contributed by atoms with Gasteiger partial charge in [0, 0.05) is 0 Å². The summed E-state index contributed by atoms with van der Waals surface area (Å²) in [5, 5.41) is 0. The van der Waals surface area contributed by atoms with Gasteiger partial charge < -0.3 is 0 Å². The molecule has 22 heavy (non-hydrogen) atoms. The second-order valence-corrected chi connectivity index (χ2v) is 7.63. The number of hydrogen-bond donors (Lipinski definition) is 0. The van der Waals surface area contributed by atoms with Crippen molar-refractivity contribution in [1.29, 1.82) is 0 Å². The summed E-state index contributed by atoms with van der Waals surface area (Å²) in [6, 6.07) is 3.11. The van der Waals surface area contributed by atoms with Gasteiger partial charge in [0.2, 0.25) is 0 Å². The van der Waals surface area contributed by atoms with Crippen LogP contribution >= 0.6 is 0 Å². The fourth-order valence-corrected chi connectivity index (χ4v) is 3.19.